The third-order valence-corrected chi connectivity index (χ3v) is 12.0. The molecule has 1 aliphatic heterocycles. The van der Waals surface area contributed by atoms with Gasteiger partial charge in [0.2, 0.25) is 11.8 Å². The van der Waals surface area contributed by atoms with Crippen molar-refractivity contribution in [2.45, 2.75) is 79.0 Å². The van der Waals surface area contributed by atoms with Crippen LogP contribution < -0.4 is 5.32 Å². The summed E-state index contributed by atoms with van der Waals surface area (Å²) in [5.41, 5.74) is 0.213. The highest BCUT2D eigenvalue weighted by molar-refractivity contribution is 7.92. The molecule has 9 nitrogen and oxygen atoms in total. The SMILES string of the molecule is C=NCC1(NC(=O)C2CC(S(=O)(=O)c3ccc(-n4ccnc4C(C)C)cc3Cl)CN2C(=O)C2(c3ccc(Cl)cc3)CC2)CC1. The maximum atomic E-state index is 14.2. The van der Waals surface area contributed by atoms with E-state index in [1.807, 2.05) is 36.7 Å². The average Bonchev–Trinajstić information content (AvgIpc) is 3.82. The summed E-state index contributed by atoms with van der Waals surface area (Å²) in [6, 6.07) is 11.0. The number of carbonyl (C=O) groups is 2. The number of carbonyl (C=O) groups excluding carboxylic acids is 2. The van der Waals surface area contributed by atoms with E-state index < -0.39 is 32.1 Å². The van der Waals surface area contributed by atoms with Crippen molar-refractivity contribution in [1.82, 2.24) is 19.8 Å². The van der Waals surface area contributed by atoms with E-state index in [0.29, 0.717) is 30.1 Å². The van der Waals surface area contributed by atoms with Crippen molar-refractivity contribution in [3.8, 4) is 5.69 Å². The van der Waals surface area contributed by atoms with Crippen LogP contribution in [0.15, 0.2) is 64.7 Å². The largest absolute Gasteiger partial charge is 0.347 e. The molecule has 44 heavy (non-hydrogen) atoms. The van der Waals surface area contributed by atoms with Crippen LogP contribution in [0, 0.1) is 0 Å². The van der Waals surface area contributed by atoms with Crippen molar-refractivity contribution < 1.29 is 18.0 Å². The van der Waals surface area contributed by atoms with Crippen LogP contribution in [-0.2, 0) is 24.8 Å². The fraction of sp³-hybridized carbons (Fsp3) is 0.438. The van der Waals surface area contributed by atoms with Crippen LogP contribution in [0.25, 0.3) is 5.69 Å². The first-order valence-electron chi connectivity index (χ1n) is 14.8. The summed E-state index contributed by atoms with van der Waals surface area (Å²) in [4.78, 5) is 37.8. The van der Waals surface area contributed by atoms with E-state index in [-0.39, 0.29) is 40.6 Å². The number of hydrogen-bond donors (Lipinski definition) is 1. The molecule has 3 aliphatic rings. The van der Waals surface area contributed by atoms with Gasteiger partial charge in [-0.3, -0.25) is 14.6 Å². The summed E-state index contributed by atoms with van der Waals surface area (Å²) < 4.78 is 30.1. The molecular formula is C32H35Cl2N5O4S. The standard InChI is InChI=1S/C32H35Cl2N5O4S/c1-20(2)28-36-14-15-38(28)23-8-9-27(25(34)16-23)44(42,43)24-17-26(29(40)37-31(10-11-31)19-35-3)39(18-24)30(41)32(12-13-32)21-4-6-22(33)7-5-21/h4-9,14-16,20,24,26H,3,10-13,17-19H2,1-2H3,(H,37,40). The van der Waals surface area contributed by atoms with Crippen molar-refractivity contribution in [3.05, 3.63) is 76.3 Å². The summed E-state index contributed by atoms with van der Waals surface area (Å²) in [6.07, 6.45) is 6.20. The second-order valence-electron chi connectivity index (χ2n) is 12.5. The van der Waals surface area contributed by atoms with E-state index in [1.54, 1.807) is 30.5 Å². The Labute approximate surface area is 267 Å². The maximum Gasteiger partial charge on any atom is 0.243 e. The fourth-order valence-electron chi connectivity index (χ4n) is 6.33. The van der Waals surface area contributed by atoms with Gasteiger partial charge >= 0.3 is 0 Å². The Morgan fingerprint density at radius 1 is 1.11 bits per heavy atom. The minimum atomic E-state index is -4.02. The Bertz CT molecular complexity index is 1730. The normalized spacial score (nSPS) is 21.7. The lowest BCUT2D eigenvalue weighted by Gasteiger charge is -2.29. The van der Waals surface area contributed by atoms with Crippen LogP contribution in [0.3, 0.4) is 0 Å². The van der Waals surface area contributed by atoms with Gasteiger partial charge in [0.25, 0.3) is 0 Å². The molecule has 3 fully saturated rings. The molecule has 12 heteroatoms. The number of nitrogens with one attached hydrogen (secondary N) is 1. The summed E-state index contributed by atoms with van der Waals surface area (Å²) in [5, 5.41) is 2.68. The molecular weight excluding hydrogens is 621 g/mol. The number of likely N-dealkylation sites (tertiary alicyclic amines) is 1. The molecule has 0 spiro atoms. The molecule has 1 aromatic heterocycles. The average molecular weight is 657 g/mol. The molecule has 0 radical (unpaired) electrons. The van der Waals surface area contributed by atoms with Crippen LogP contribution in [-0.4, -0.2) is 71.3 Å². The Morgan fingerprint density at radius 3 is 2.41 bits per heavy atom. The summed E-state index contributed by atoms with van der Waals surface area (Å²) in [5.74, 6) is 0.362. The number of nitrogens with zero attached hydrogens (tertiary/aromatic N) is 4. The number of aromatic nitrogens is 2. The lowest BCUT2D eigenvalue weighted by atomic mass is 9.94. The summed E-state index contributed by atoms with van der Waals surface area (Å²) in [6.45, 7) is 7.87. The van der Waals surface area contributed by atoms with E-state index in [1.165, 1.54) is 11.0 Å². The van der Waals surface area contributed by atoms with Crippen molar-refractivity contribution in [2.75, 3.05) is 13.1 Å². The Hall–Kier alpha value is -3.21. The van der Waals surface area contributed by atoms with E-state index in [2.05, 4.69) is 22.0 Å². The second-order valence-corrected chi connectivity index (χ2v) is 15.6. The Balaban J connectivity index is 1.31. The predicted molar refractivity (Wildman–Crippen MR) is 171 cm³/mol. The lowest BCUT2D eigenvalue weighted by molar-refractivity contribution is -0.140. The molecule has 2 amide bonds. The van der Waals surface area contributed by atoms with Gasteiger partial charge < -0.3 is 14.8 Å². The third kappa shape index (κ3) is 5.45. The van der Waals surface area contributed by atoms with Crippen LogP contribution in [0.5, 0.6) is 0 Å². The van der Waals surface area contributed by atoms with Gasteiger partial charge in [0.05, 0.1) is 32.7 Å². The highest BCUT2D eigenvalue weighted by Crippen LogP contribution is 2.51. The topological polar surface area (TPSA) is 114 Å². The molecule has 3 aromatic rings. The first-order valence-corrected chi connectivity index (χ1v) is 17.1. The molecule has 232 valence electrons. The fourth-order valence-corrected chi connectivity index (χ4v) is 8.70. The van der Waals surface area contributed by atoms with Gasteiger partial charge in [0.15, 0.2) is 9.84 Å². The van der Waals surface area contributed by atoms with Crippen LogP contribution in [0.2, 0.25) is 10.0 Å². The third-order valence-electron chi connectivity index (χ3n) is 9.16. The van der Waals surface area contributed by atoms with E-state index in [9.17, 15) is 18.0 Å². The lowest BCUT2D eigenvalue weighted by Crippen LogP contribution is -2.52. The minimum Gasteiger partial charge on any atom is -0.347 e. The first-order chi connectivity index (χ1) is 20.9. The van der Waals surface area contributed by atoms with E-state index in [4.69, 9.17) is 23.2 Å². The smallest absolute Gasteiger partial charge is 0.243 e. The summed E-state index contributed by atoms with van der Waals surface area (Å²) in [7, 11) is -4.02. The van der Waals surface area contributed by atoms with E-state index in [0.717, 1.165) is 24.2 Å². The monoisotopic (exact) mass is 655 g/mol. The molecule has 2 heterocycles. The number of benzene rings is 2. The number of rotatable bonds is 10. The van der Waals surface area contributed by atoms with Crippen molar-refractivity contribution in [2.24, 2.45) is 4.99 Å². The zero-order chi connectivity index (χ0) is 31.4. The number of amides is 2. The molecule has 2 saturated carbocycles. The van der Waals surface area contributed by atoms with Gasteiger partial charge in [-0.1, -0.05) is 49.2 Å². The minimum absolute atomic E-state index is 0.0269. The van der Waals surface area contributed by atoms with Crippen LogP contribution >= 0.6 is 23.2 Å². The quantitative estimate of drug-likeness (QED) is 0.304. The van der Waals surface area contributed by atoms with Gasteiger partial charge in [-0.2, -0.15) is 0 Å². The van der Waals surface area contributed by atoms with Crippen molar-refractivity contribution in [3.63, 3.8) is 0 Å². The van der Waals surface area contributed by atoms with Gasteiger partial charge in [-0.25, -0.2) is 13.4 Å². The van der Waals surface area contributed by atoms with Crippen LogP contribution in [0.4, 0.5) is 0 Å². The van der Waals surface area contributed by atoms with Gasteiger partial charge in [0, 0.05) is 35.6 Å². The molecule has 2 aliphatic carbocycles. The summed E-state index contributed by atoms with van der Waals surface area (Å²) >= 11 is 12.7. The van der Waals surface area contributed by atoms with Gasteiger partial charge in [0.1, 0.15) is 11.9 Å². The molecule has 1 N–H and O–H groups in total. The Morgan fingerprint density at radius 2 is 1.82 bits per heavy atom. The zero-order valence-corrected chi connectivity index (χ0v) is 27.0. The Kier molecular flexibility index (Phi) is 7.91. The molecule has 2 unspecified atom stereocenters. The highest BCUT2D eigenvalue weighted by atomic mass is 35.5. The maximum absolute atomic E-state index is 14.2. The molecule has 2 atom stereocenters. The molecule has 6 rings (SSSR count). The van der Waals surface area contributed by atoms with Gasteiger partial charge in [-0.15, -0.1) is 0 Å². The number of aliphatic imine (C=N–C) groups is 1. The van der Waals surface area contributed by atoms with Gasteiger partial charge in [-0.05, 0) is 74.7 Å². The number of imidazole rings is 1. The highest BCUT2D eigenvalue weighted by Gasteiger charge is 2.58. The first kappa shape index (κ1) is 30.8. The molecule has 0 bridgehead atoms. The van der Waals surface area contributed by atoms with Crippen molar-refractivity contribution in [1.29, 1.82) is 0 Å². The van der Waals surface area contributed by atoms with E-state index >= 15 is 0 Å². The molecule has 1 saturated heterocycles. The zero-order valence-electron chi connectivity index (χ0n) is 24.7. The van der Waals surface area contributed by atoms with Crippen LogP contribution in [0.1, 0.15) is 63.3 Å². The predicted octanol–water partition coefficient (Wildman–Crippen LogP) is 5.13. The molecule has 2 aromatic carbocycles. The second kappa shape index (κ2) is 11.3. The number of hydrogen-bond acceptors (Lipinski definition) is 6. The number of halogens is 2. The number of sulfone groups is 1. The van der Waals surface area contributed by atoms with Crippen molar-refractivity contribution >= 4 is 51.6 Å².